The molecule has 0 aromatic carbocycles. The molecule has 16 heavy (non-hydrogen) atoms. The van der Waals surface area contributed by atoms with Gasteiger partial charge < -0.3 is 11.1 Å². The first-order valence-electron chi connectivity index (χ1n) is 6.16. The lowest BCUT2D eigenvalue weighted by atomic mass is 9.85. The number of nitrogens with two attached hydrogens (primary N) is 1. The summed E-state index contributed by atoms with van der Waals surface area (Å²) in [5, 5.41) is 3.03. The Morgan fingerprint density at radius 3 is 2.62 bits per heavy atom. The molecule has 90 valence electrons. The maximum atomic E-state index is 11.9. The number of carbonyl (C=O) groups is 1. The second-order valence-electron chi connectivity index (χ2n) is 4.63. The molecule has 1 rings (SSSR count). The van der Waals surface area contributed by atoms with Crippen LogP contribution in [-0.4, -0.2) is 18.0 Å². The highest BCUT2D eigenvalue weighted by Gasteiger charge is 2.25. The summed E-state index contributed by atoms with van der Waals surface area (Å²) in [6.07, 6.45) is 10.5. The largest absolute Gasteiger partial charge is 0.352 e. The van der Waals surface area contributed by atoms with E-state index in [0.717, 1.165) is 32.1 Å². The fourth-order valence-electron chi connectivity index (χ4n) is 2.14. The van der Waals surface area contributed by atoms with E-state index < -0.39 is 0 Å². The van der Waals surface area contributed by atoms with Crippen LogP contribution in [0, 0.1) is 18.3 Å². The number of terminal acetylenes is 1. The van der Waals surface area contributed by atoms with Crippen LogP contribution in [0.15, 0.2) is 0 Å². The molecule has 1 amide bonds. The van der Waals surface area contributed by atoms with E-state index in [2.05, 4.69) is 11.2 Å². The summed E-state index contributed by atoms with van der Waals surface area (Å²) in [5.74, 6) is 2.91. The molecule has 0 radical (unpaired) electrons. The van der Waals surface area contributed by atoms with Crippen molar-refractivity contribution >= 4 is 5.91 Å². The molecule has 0 aromatic heterocycles. The number of nitrogens with one attached hydrogen (secondary N) is 1. The van der Waals surface area contributed by atoms with Gasteiger partial charge in [-0.05, 0) is 32.1 Å². The zero-order valence-corrected chi connectivity index (χ0v) is 10.0. The molecular weight excluding hydrogens is 200 g/mol. The molecule has 1 fully saturated rings. The van der Waals surface area contributed by atoms with Gasteiger partial charge in [-0.15, -0.1) is 12.3 Å². The summed E-state index contributed by atoms with van der Waals surface area (Å²) in [6.45, 7) is 2.04. The van der Waals surface area contributed by atoms with E-state index >= 15 is 0 Å². The van der Waals surface area contributed by atoms with E-state index in [9.17, 15) is 4.79 Å². The second-order valence-corrected chi connectivity index (χ2v) is 4.63. The summed E-state index contributed by atoms with van der Waals surface area (Å²) in [6, 6.07) is 0.421. The molecule has 1 atom stereocenters. The van der Waals surface area contributed by atoms with Crippen molar-refractivity contribution in [3.8, 4) is 12.3 Å². The summed E-state index contributed by atoms with van der Waals surface area (Å²) >= 11 is 0. The van der Waals surface area contributed by atoms with Crippen LogP contribution < -0.4 is 11.1 Å². The maximum Gasteiger partial charge on any atom is 0.223 e. The van der Waals surface area contributed by atoms with Gasteiger partial charge in [0.05, 0.1) is 0 Å². The van der Waals surface area contributed by atoms with E-state index in [-0.39, 0.29) is 23.9 Å². The highest BCUT2D eigenvalue weighted by atomic mass is 16.1. The van der Waals surface area contributed by atoms with Gasteiger partial charge in [-0.2, -0.15) is 0 Å². The van der Waals surface area contributed by atoms with E-state index in [1.165, 1.54) is 0 Å². The van der Waals surface area contributed by atoms with Gasteiger partial charge in [0.15, 0.2) is 0 Å². The van der Waals surface area contributed by atoms with Crippen LogP contribution >= 0.6 is 0 Å². The lowest BCUT2D eigenvalue weighted by Gasteiger charge is -2.26. The standard InChI is InChI=1S/C13H22N2O/c1-3-5-12(4-2)15-13(16)10-6-8-11(14)9-7-10/h1,10-12H,4-9,14H2,2H3,(H,15,16). The Bertz CT molecular complexity index is 262. The third kappa shape index (κ3) is 3.86. The van der Waals surface area contributed by atoms with Crippen molar-refractivity contribution in [3.63, 3.8) is 0 Å². The van der Waals surface area contributed by atoms with Crippen LogP contribution in [0.5, 0.6) is 0 Å². The quantitative estimate of drug-likeness (QED) is 0.707. The highest BCUT2D eigenvalue weighted by Crippen LogP contribution is 2.23. The van der Waals surface area contributed by atoms with Crippen LogP contribution in [0.3, 0.4) is 0 Å². The molecule has 0 saturated heterocycles. The molecule has 3 N–H and O–H groups in total. The Hall–Kier alpha value is -1.01. The van der Waals surface area contributed by atoms with Gasteiger partial charge >= 0.3 is 0 Å². The number of hydrogen-bond donors (Lipinski definition) is 2. The van der Waals surface area contributed by atoms with E-state index in [4.69, 9.17) is 12.2 Å². The van der Waals surface area contributed by atoms with E-state index in [1.54, 1.807) is 0 Å². The van der Waals surface area contributed by atoms with Crippen molar-refractivity contribution in [2.45, 2.75) is 57.5 Å². The van der Waals surface area contributed by atoms with Crippen molar-refractivity contribution in [3.05, 3.63) is 0 Å². The number of carbonyl (C=O) groups excluding carboxylic acids is 1. The lowest BCUT2D eigenvalue weighted by Crippen LogP contribution is -2.41. The first-order valence-corrected chi connectivity index (χ1v) is 6.16. The van der Waals surface area contributed by atoms with E-state index in [1.807, 2.05) is 6.92 Å². The molecule has 0 bridgehead atoms. The maximum absolute atomic E-state index is 11.9. The summed E-state index contributed by atoms with van der Waals surface area (Å²) in [5.41, 5.74) is 5.81. The average molecular weight is 222 g/mol. The van der Waals surface area contributed by atoms with Crippen LogP contribution in [0.4, 0.5) is 0 Å². The number of hydrogen-bond acceptors (Lipinski definition) is 2. The molecule has 1 saturated carbocycles. The fourth-order valence-corrected chi connectivity index (χ4v) is 2.14. The summed E-state index contributed by atoms with van der Waals surface area (Å²) in [7, 11) is 0. The van der Waals surface area contributed by atoms with Crippen molar-refractivity contribution in [2.75, 3.05) is 0 Å². The van der Waals surface area contributed by atoms with Crippen molar-refractivity contribution in [1.29, 1.82) is 0 Å². The van der Waals surface area contributed by atoms with Gasteiger partial charge in [-0.25, -0.2) is 0 Å². The molecule has 1 aliphatic rings. The minimum atomic E-state index is 0.133. The second kappa shape index (κ2) is 6.55. The Morgan fingerprint density at radius 1 is 1.50 bits per heavy atom. The summed E-state index contributed by atoms with van der Waals surface area (Å²) < 4.78 is 0. The molecule has 0 aromatic rings. The van der Waals surface area contributed by atoms with Gasteiger partial charge in [0.25, 0.3) is 0 Å². The lowest BCUT2D eigenvalue weighted by molar-refractivity contribution is -0.126. The van der Waals surface area contributed by atoms with Crippen LogP contribution in [-0.2, 0) is 4.79 Å². The van der Waals surface area contributed by atoms with Gasteiger partial charge in [-0.3, -0.25) is 4.79 Å². The Balaban J connectivity index is 2.37. The van der Waals surface area contributed by atoms with Crippen molar-refractivity contribution in [1.82, 2.24) is 5.32 Å². The number of amides is 1. The Morgan fingerprint density at radius 2 is 2.12 bits per heavy atom. The monoisotopic (exact) mass is 222 g/mol. The summed E-state index contributed by atoms with van der Waals surface area (Å²) in [4.78, 5) is 11.9. The Kier molecular flexibility index (Phi) is 5.34. The minimum absolute atomic E-state index is 0.133. The van der Waals surface area contributed by atoms with Gasteiger partial charge in [0.1, 0.15) is 0 Å². The topological polar surface area (TPSA) is 55.1 Å². The molecule has 0 aliphatic heterocycles. The minimum Gasteiger partial charge on any atom is -0.352 e. The molecule has 0 spiro atoms. The highest BCUT2D eigenvalue weighted by molar-refractivity contribution is 5.79. The van der Waals surface area contributed by atoms with Gasteiger partial charge in [0, 0.05) is 24.4 Å². The third-order valence-corrected chi connectivity index (χ3v) is 3.35. The molecule has 1 unspecified atom stereocenters. The SMILES string of the molecule is C#CCC(CC)NC(=O)C1CCC(N)CC1. The molecule has 1 aliphatic carbocycles. The van der Waals surface area contributed by atoms with Crippen LogP contribution in [0.25, 0.3) is 0 Å². The van der Waals surface area contributed by atoms with Crippen molar-refractivity contribution in [2.24, 2.45) is 11.7 Å². The predicted octanol–water partition coefficient (Wildman–Crippen LogP) is 1.42. The van der Waals surface area contributed by atoms with Crippen molar-refractivity contribution < 1.29 is 4.79 Å². The smallest absolute Gasteiger partial charge is 0.223 e. The first kappa shape index (κ1) is 13.1. The molecule has 3 nitrogen and oxygen atoms in total. The molecule has 3 heteroatoms. The molecular formula is C13H22N2O. The van der Waals surface area contributed by atoms with Crippen LogP contribution in [0.1, 0.15) is 45.4 Å². The zero-order chi connectivity index (χ0) is 12.0. The normalized spacial score (nSPS) is 26.8. The van der Waals surface area contributed by atoms with Crippen LogP contribution in [0.2, 0.25) is 0 Å². The third-order valence-electron chi connectivity index (χ3n) is 3.35. The Labute approximate surface area is 98.2 Å². The fraction of sp³-hybridized carbons (Fsp3) is 0.769. The average Bonchev–Trinajstić information content (AvgIpc) is 2.29. The van der Waals surface area contributed by atoms with Gasteiger partial charge in [-0.1, -0.05) is 6.92 Å². The molecule has 0 heterocycles. The predicted molar refractivity (Wildman–Crippen MR) is 65.6 cm³/mol. The van der Waals surface area contributed by atoms with E-state index in [0.29, 0.717) is 6.42 Å². The zero-order valence-electron chi connectivity index (χ0n) is 10.0. The van der Waals surface area contributed by atoms with Gasteiger partial charge in [0.2, 0.25) is 5.91 Å². The number of rotatable bonds is 4. The first-order chi connectivity index (χ1) is 7.67.